The summed E-state index contributed by atoms with van der Waals surface area (Å²) >= 11 is 0. The minimum atomic E-state index is -0.400. The third kappa shape index (κ3) is 5.28. The van der Waals surface area contributed by atoms with Crippen molar-refractivity contribution in [2.45, 2.75) is 19.1 Å². The fraction of sp³-hybridized carbons (Fsp3) is 0.320. The summed E-state index contributed by atoms with van der Waals surface area (Å²) in [5.41, 5.74) is 1.90. The first-order valence-electron chi connectivity index (χ1n) is 11.0. The molecular weight excluding hydrogens is 421 g/mol. The molecule has 1 amide bonds. The molecule has 0 spiro atoms. The maximum atomic E-state index is 15.0. The van der Waals surface area contributed by atoms with E-state index in [1.807, 2.05) is 49.3 Å². The molecule has 8 heteroatoms. The smallest absolute Gasteiger partial charge is 0.259 e. The second-order valence-electron chi connectivity index (χ2n) is 8.07. The molecule has 0 bridgehead atoms. The van der Waals surface area contributed by atoms with Crippen molar-refractivity contribution in [3.8, 4) is 5.75 Å². The fourth-order valence-electron chi connectivity index (χ4n) is 3.91. The maximum absolute atomic E-state index is 15.0. The van der Waals surface area contributed by atoms with Gasteiger partial charge >= 0.3 is 0 Å². The Morgan fingerprint density at radius 1 is 1.18 bits per heavy atom. The van der Waals surface area contributed by atoms with Crippen LogP contribution in [0.25, 0.3) is 0 Å². The van der Waals surface area contributed by atoms with Gasteiger partial charge in [0.1, 0.15) is 35.4 Å². The molecule has 0 unspecified atom stereocenters. The molecule has 1 atom stereocenters. The molecule has 0 saturated carbocycles. The third-order valence-electron chi connectivity index (χ3n) is 5.77. The summed E-state index contributed by atoms with van der Waals surface area (Å²) in [4.78, 5) is 24.8. The van der Waals surface area contributed by atoms with Crippen LogP contribution in [-0.2, 0) is 6.54 Å². The van der Waals surface area contributed by atoms with E-state index in [9.17, 15) is 4.79 Å². The number of carbonyl (C=O) groups is 1. The highest BCUT2D eigenvalue weighted by atomic mass is 19.1. The molecule has 172 valence electrons. The lowest BCUT2D eigenvalue weighted by Crippen LogP contribution is -2.33. The summed E-state index contributed by atoms with van der Waals surface area (Å²) in [6, 6.07) is 14.8. The molecular formula is C25H28FN5O2. The maximum Gasteiger partial charge on any atom is 0.259 e. The minimum absolute atomic E-state index is 0.162. The van der Waals surface area contributed by atoms with Crippen molar-refractivity contribution < 1.29 is 13.9 Å². The Morgan fingerprint density at radius 2 is 2.00 bits per heavy atom. The van der Waals surface area contributed by atoms with Gasteiger partial charge in [0.05, 0.1) is 0 Å². The number of hydrogen-bond donors (Lipinski definition) is 1. The van der Waals surface area contributed by atoms with Crippen LogP contribution in [0.5, 0.6) is 5.75 Å². The molecule has 2 heterocycles. The van der Waals surface area contributed by atoms with E-state index >= 15 is 4.39 Å². The van der Waals surface area contributed by atoms with Gasteiger partial charge in [-0.05, 0) is 25.2 Å². The Hall–Kier alpha value is -3.52. The van der Waals surface area contributed by atoms with Crippen LogP contribution in [-0.4, -0.2) is 54.5 Å². The van der Waals surface area contributed by atoms with E-state index in [2.05, 4.69) is 15.3 Å². The van der Waals surface area contributed by atoms with Crippen LogP contribution >= 0.6 is 0 Å². The number of amides is 1. The van der Waals surface area contributed by atoms with Crippen LogP contribution in [0.2, 0.25) is 0 Å². The molecule has 0 radical (unpaired) electrons. The third-order valence-corrected chi connectivity index (χ3v) is 5.77. The largest absolute Gasteiger partial charge is 0.486 e. The summed E-state index contributed by atoms with van der Waals surface area (Å²) in [7, 11) is 3.77. The van der Waals surface area contributed by atoms with Gasteiger partial charge in [0, 0.05) is 50.9 Å². The van der Waals surface area contributed by atoms with Crippen LogP contribution < -0.4 is 15.0 Å². The van der Waals surface area contributed by atoms with Crippen molar-refractivity contribution in [1.82, 2.24) is 20.2 Å². The number of nitrogens with one attached hydrogen (secondary N) is 1. The zero-order chi connectivity index (χ0) is 23.2. The van der Waals surface area contributed by atoms with Crippen molar-refractivity contribution in [2.75, 3.05) is 38.6 Å². The summed E-state index contributed by atoms with van der Waals surface area (Å²) in [6.45, 7) is 2.00. The Bertz CT molecular complexity index is 1100. The number of fused-ring (bicyclic) bond motifs is 1. The standard InChI is InChI=1S/C25H28FN5O2/c1-27-11-10-23(18-6-4-3-5-7-18)33-20-9-8-19(22(26)14-20)16-31-13-12-30(2)24-21(25(31)32)15-28-17-29-24/h3-9,14-15,17,23,27H,10-13,16H2,1-2H3/t23-/m0/s1. The van der Waals surface area contributed by atoms with Crippen LogP contribution in [0.4, 0.5) is 10.2 Å². The van der Waals surface area contributed by atoms with Gasteiger partial charge in [-0.2, -0.15) is 0 Å². The minimum Gasteiger partial charge on any atom is -0.486 e. The highest BCUT2D eigenvalue weighted by Crippen LogP contribution is 2.27. The molecule has 7 nitrogen and oxygen atoms in total. The number of anilines is 1. The van der Waals surface area contributed by atoms with Gasteiger partial charge in [-0.1, -0.05) is 36.4 Å². The zero-order valence-corrected chi connectivity index (χ0v) is 18.9. The van der Waals surface area contributed by atoms with Crippen molar-refractivity contribution in [3.63, 3.8) is 0 Å². The Kier molecular flexibility index (Phi) is 7.14. The number of rotatable bonds is 8. The van der Waals surface area contributed by atoms with Gasteiger partial charge in [0.2, 0.25) is 0 Å². The Morgan fingerprint density at radius 3 is 2.76 bits per heavy atom. The predicted molar refractivity (Wildman–Crippen MR) is 125 cm³/mol. The van der Waals surface area contributed by atoms with Gasteiger partial charge in [0.15, 0.2) is 0 Å². The fourth-order valence-corrected chi connectivity index (χ4v) is 3.91. The van der Waals surface area contributed by atoms with Gasteiger partial charge in [-0.25, -0.2) is 14.4 Å². The molecule has 0 saturated heterocycles. The topological polar surface area (TPSA) is 70.6 Å². The molecule has 1 aliphatic heterocycles. The van der Waals surface area contributed by atoms with Crippen molar-refractivity contribution in [2.24, 2.45) is 0 Å². The normalized spacial score (nSPS) is 14.6. The average Bonchev–Trinajstić information content (AvgIpc) is 2.96. The van der Waals surface area contributed by atoms with E-state index in [1.54, 1.807) is 17.0 Å². The Labute approximate surface area is 193 Å². The van der Waals surface area contributed by atoms with E-state index in [4.69, 9.17) is 4.74 Å². The monoisotopic (exact) mass is 449 g/mol. The highest BCUT2D eigenvalue weighted by Gasteiger charge is 2.27. The van der Waals surface area contributed by atoms with Crippen molar-refractivity contribution in [1.29, 1.82) is 0 Å². The van der Waals surface area contributed by atoms with Crippen molar-refractivity contribution >= 4 is 11.7 Å². The number of ether oxygens (including phenoxy) is 1. The molecule has 33 heavy (non-hydrogen) atoms. The summed E-state index contributed by atoms with van der Waals surface area (Å²) in [5, 5.41) is 3.14. The lowest BCUT2D eigenvalue weighted by Gasteiger charge is -2.22. The number of aromatic nitrogens is 2. The molecule has 1 aromatic heterocycles. The Balaban J connectivity index is 1.50. The number of nitrogens with zero attached hydrogens (tertiary/aromatic N) is 4. The lowest BCUT2D eigenvalue weighted by molar-refractivity contribution is 0.0753. The summed E-state index contributed by atoms with van der Waals surface area (Å²) < 4.78 is 21.2. The molecule has 1 aliphatic rings. The van der Waals surface area contributed by atoms with E-state index in [0.717, 1.165) is 18.5 Å². The zero-order valence-electron chi connectivity index (χ0n) is 18.9. The second kappa shape index (κ2) is 10.4. The number of carbonyl (C=O) groups excluding carboxylic acids is 1. The SMILES string of the molecule is CNCC[C@H](Oc1ccc(CN2CCN(C)c3ncncc3C2=O)c(F)c1)c1ccccc1. The van der Waals surface area contributed by atoms with Crippen molar-refractivity contribution in [3.05, 3.63) is 83.6 Å². The van der Waals surface area contributed by atoms with Gasteiger partial charge < -0.3 is 19.9 Å². The van der Waals surface area contributed by atoms with Crippen LogP contribution in [0.3, 0.4) is 0 Å². The average molecular weight is 450 g/mol. The molecule has 0 aliphatic carbocycles. The number of likely N-dealkylation sites (N-methyl/N-ethyl adjacent to an activating group) is 1. The molecule has 1 N–H and O–H groups in total. The number of halogens is 1. The van der Waals surface area contributed by atoms with Crippen LogP contribution in [0.1, 0.15) is 34.0 Å². The molecule has 2 aromatic carbocycles. The van der Waals surface area contributed by atoms with E-state index < -0.39 is 5.82 Å². The quantitative estimate of drug-likeness (QED) is 0.568. The van der Waals surface area contributed by atoms with Gasteiger partial charge in [0.25, 0.3) is 5.91 Å². The molecule has 4 rings (SSSR count). The summed E-state index contributed by atoms with van der Waals surface area (Å²) in [5.74, 6) is 0.450. The number of hydrogen-bond acceptors (Lipinski definition) is 6. The van der Waals surface area contributed by atoms with E-state index in [0.29, 0.717) is 35.8 Å². The first-order valence-corrected chi connectivity index (χ1v) is 11.0. The molecule has 3 aromatic rings. The van der Waals surface area contributed by atoms with E-state index in [1.165, 1.54) is 18.6 Å². The second-order valence-corrected chi connectivity index (χ2v) is 8.07. The van der Waals surface area contributed by atoms with Crippen LogP contribution in [0, 0.1) is 5.82 Å². The highest BCUT2D eigenvalue weighted by molar-refractivity contribution is 5.99. The lowest BCUT2D eigenvalue weighted by atomic mass is 10.1. The summed E-state index contributed by atoms with van der Waals surface area (Å²) in [6.07, 6.45) is 3.50. The van der Waals surface area contributed by atoms with Gasteiger partial charge in [-0.15, -0.1) is 0 Å². The molecule has 0 fully saturated rings. The van der Waals surface area contributed by atoms with Crippen LogP contribution in [0.15, 0.2) is 61.1 Å². The van der Waals surface area contributed by atoms with Gasteiger partial charge in [-0.3, -0.25) is 4.79 Å². The first kappa shape index (κ1) is 22.7. The number of benzene rings is 2. The van der Waals surface area contributed by atoms with E-state index in [-0.39, 0.29) is 18.6 Å². The predicted octanol–water partition coefficient (Wildman–Crippen LogP) is 3.44. The first-order chi connectivity index (χ1) is 16.1.